The quantitative estimate of drug-likeness (QED) is 0.837. The molecule has 0 amide bonds. The molecule has 1 aromatic carbocycles. The molecule has 0 aliphatic rings. The minimum atomic E-state index is -0.454. The molecule has 1 rings (SSSR count). The summed E-state index contributed by atoms with van der Waals surface area (Å²) in [6.45, 7) is 0. The van der Waals surface area contributed by atoms with Crippen molar-refractivity contribution in [1.82, 2.24) is 0 Å². The lowest BCUT2D eigenvalue weighted by molar-refractivity contribution is 0.631. The molecule has 0 spiro atoms. The van der Waals surface area contributed by atoms with Crippen molar-refractivity contribution >= 4 is 21.6 Å². The number of hydrogen-bond acceptors (Lipinski definition) is 3. The van der Waals surface area contributed by atoms with Crippen LogP contribution in [0.3, 0.4) is 0 Å². The average molecular weight is 266 g/mol. The Hall–Kier alpha value is -1.85. The molecule has 74 valence electrons. The van der Waals surface area contributed by atoms with Crippen LogP contribution in [0.2, 0.25) is 0 Å². The molecule has 0 atom stereocenters. The lowest BCUT2D eigenvalue weighted by atomic mass is 10.3. The fraction of sp³-hybridized carbons (Fsp3) is 0. The van der Waals surface area contributed by atoms with E-state index in [0.717, 1.165) is 6.20 Å². The van der Waals surface area contributed by atoms with Crippen molar-refractivity contribution in [2.45, 2.75) is 0 Å². The Morgan fingerprint density at radius 1 is 1.40 bits per heavy atom. The summed E-state index contributed by atoms with van der Waals surface area (Å²) < 4.78 is 13.9. The van der Waals surface area contributed by atoms with Crippen LogP contribution in [0.4, 0.5) is 10.1 Å². The third-order valence-electron chi connectivity index (χ3n) is 1.54. The number of anilines is 1. The van der Waals surface area contributed by atoms with E-state index in [9.17, 15) is 4.39 Å². The zero-order valence-corrected chi connectivity index (χ0v) is 9.05. The van der Waals surface area contributed by atoms with Crippen LogP contribution in [-0.2, 0) is 0 Å². The first kappa shape index (κ1) is 11.2. The second kappa shape index (κ2) is 5.14. The zero-order valence-electron chi connectivity index (χ0n) is 7.46. The number of rotatable bonds is 2. The summed E-state index contributed by atoms with van der Waals surface area (Å²) in [4.78, 5) is 0. The lowest BCUT2D eigenvalue weighted by Gasteiger charge is -2.02. The number of nitrogens with zero attached hydrogens (tertiary/aromatic N) is 2. The van der Waals surface area contributed by atoms with Gasteiger partial charge in [0.1, 0.15) is 23.5 Å². The normalized spacial score (nSPS) is 8.53. The molecule has 0 aromatic heterocycles. The minimum Gasteiger partial charge on any atom is -0.357 e. The summed E-state index contributed by atoms with van der Waals surface area (Å²) in [6.07, 6.45) is 1.16. The SMILES string of the molecule is N#CC(C#N)=CNc1cc(Br)ccc1F. The molecule has 0 saturated heterocycles. The third kappa shape index (κ3) is 3.08. The Morgan fingerprint density at radius 3 is 2.67 bits per heavy atom. The van der Waals surface area contributed by atoms with Gasteiger partial charge in [0.25, 0.3) is 0 Å². The van der Waals surface area contributed by atoms with Crippen LogP contribution < -0.4 is 5.32 Å². The average Bonchev–Trinajstić information content (AvgIpc) is 2.24. The van der Waals surface area contributed by atoms with E-state index < -0.39 is 5.82 Å². The molecular formula is C10H5BrFN3. The van der Waals surface area contributed by atoms with Crippen molar-refractivity contribution < 1.29 is 4.39 Å². The van der Waals surface area contributed by atoms with Crippen molar-refractivity contribution in [3.63, 3.8) is 0 Å². The second-order valence-corrected chi connectivity index (χ2v) is 3.47. The largest absolute Gasteiger partial charge is 0.357 e. The van der Waals surface area contributed by atoms with Crippen LogP contribution in [0.1, 0.15) is 0 Å². The van der Waals surface area contributed by atoms with Crippen molar-refractivity contribution in [2.24, 2.45) is 0 Å². The van der Waals surface area contributed by atoms with Crippen LogP contribution in [0.25, 0.3) is 0 Å². The highest BCUT2D eigenvalue weighted by Gasteiger charge is 2.01. The van der Waals surface area contributed by atoms with Gasteiger partial charge < -0.3 is 5.32 Å². The molecule has 0 saturated carbocycles. The molecule has 3 nitrogen and oxygen atoms in total. The lowest BCUT2D eigenvalue weighted by Crippen LogP contribution is -1.93. The van der Waals surface area contributed by atoms with E-state index in [1.54, 1.807) is 18.2 Å². The molecule has 0 aliphatic carbocycles. The van der Waals surface area contributed by atoms with Crippen molar-refractivity contribution in [2.75, 3.05) is 5.32 Å². The molecule has 0 heterocycles. The predicted molar refractivity (Wildman–Crippen MR) is 57.0 cm³/mol. The molecular weight excluding hydrogens is 261 g/mol. The van der Waals surface area contributed by atoms with E-state index >= 15 is 0 Å². The maximum absolute atomic E-state index is 13.1. The molecule has 0 bridgehead atoms. The number of nitriles is 2. The van der Waals surface area contributed by atoms with Crippen LogP contribution >= 0.6 is 15.9 Å². The van der Waals surface area contributed by atoms with Gasteiger partial charge in [0.15, 0.2) is 0 Å². The van der Waals surface area contributed by atoms with Crippen molar-refractivity contribution in [3.8, 4) is 12.1 Å². The maximum Gasteiger partial charge on any atom is 0.146 e. The Bertz CT molecular complexity index is 466. The summed E-state index contributed by atoms with van der Waals surface area (Å²) in [7, 11) is 0. The second-order valence-electron chi connectivity index (χ2n) is 2.55. The first-order valence-electron chi connectivity index (χ1n) is 3.89. The number of nitrogens with one attached hydrogen (secondary N) is 1. The highest BCUT2D eigenvalue weighted by atomic mass is 79.9. The Balaban J connectivity index is 2.92. The van der Waals surface area contributed by atoms with E-state index in [-0.39, 0.29) is 11.3 Å². The fourth-order valence-corrected chi connectivity index (χ4v) is 1.21. The molecule has 0 fully saturated rings. The van der Waals surface area contributed by atoms with Gasteiger partial charge in [-0.25, -0.2) is 4.39 Å². The van der Waals surface area contributed by atoms with Gasteiger partial charge in [-0.2, -0.15) is 10.5 Å². The molecule has 1 aromatic rings. The van der Waals surface area contributed by atoms with Crippen LogP contribution in [0, 0.1) is 28.5 Å². The van der Waals surface area contributed by atoms with Crippen LogP contribution in [-0.4, -0.2) is 0 Å². The topological polar surface area (TPSA) is 59.6 Å². The van der Waals surface area contributed by atoms with E-state index in [1.165, 1.54) is 12.1 Å². The van der Waals surface area contributed by atoms with Gasteiger partial charge in [-0.15, -0.1) is 0 Å². The number of benzene rings is 1. The first-order chi connectivity index (χ1) is 7.17. The van der Waals surface area contributed by atoms with Crippen molar-refractivity contribution in [3.05, 3.63) is 40.3 Å². The maximum atomic E-state index is 13.1. The monoisotopic (exact) mass is 265 g/mol. The summed E-state index contributed by atoms with van der Waals surface area (Å²) >= 11 is 3.18. The van der Waals surface area contributed by atoms with Gasteiger partial charge in [0, 0.05) is 10.7 Å². The van der Waals surface area contributed by atoms with Gasteiger partial charge in [0.2, 0.25) is 0 Å². The predicted octanol–water partition coefficient (Wildman–Crippen LogP) is 2.93. The number of halogens is 2. The van der Waals surface area contributed by atoms with Crippen LogP contribution in [0.5, 0.6) is 0 Å². The van der Waals surface area contributed by atoms with E-state index in [2.05, 4.69) is 21.2 Å². The summed E-state index contributed by atoms with van der Waals surface area (Å²) in [5.74, 6) is -0.454. The summed E-state index contributed by atoms with van der Waals surface area (Å²) in [6, 6.07) is 7.66. The van der Waals surface area contributed by atoms with Gasteiger partial charge in [-0.3, -0.25) is 0 Å². The van der Waals surface area contributed by atoms with E-state index in [4.69, 9.17) is 10.5 Å². The van der Waals surface area contributed by atoms with E-state index in [1.807, 2.05) is 0 Å². The highest BCUT2D eigenvalue weighted by Crippen LogP contribution is 2.20. The molecule has 0 aliphatic heterocycles. The Labute approximate surface area is 94.6 Å². The molecule has 0 unspecified atom stereocenters. The molecule has 15 heavy (non-hydrogen) atoms. The molecule has 5 heteroatoms. The van der Waals surface area contributed by atoms with Gasteiger partial charge >= 0.3 is 0 Å². The van der Waals surface area contributed by atoms with Crippen LogP contribution in [0.15, 0.2) is 34.4 Å². The fourth-order valence-electron chi connectivity index (χ4n) is 0.848. The first-order valence-corrected chi connectivity index (χ1v) is 4.68. The summed E-state index contributed by atoms with van der Waals surface area (Å²) in [5, 5.41) is 19.4. The summed E-state index contributed by atoms with van der Waals surface area (Å²) in [5.41, 5.74) is 0.0850. The number of allylic oxidation sites excluding steroid dienone is 1. The Kier molecular flexibility index (Phi) is 3.84. The van der Waals surface area contributed by atoms with E-state index in [0.29, 0.717) is 4.47 Å². The third-order valence-corrected chi connectivity index (χ3v) is 2.03. The number of hydrogen-bond donors (Lipinski definition) is 1. The minimum absolute atomic E-state index is 0.116. The molecule has 0 radical (unpaired) electrons. The highest BCUT2D eigenvalue weighted by molar-refractivity contribution is 9.10. The molecule has 1 N–H and O–H groups in total. The van der Waals surface area contributed by atoms with Crippen molar-refractivity contribution in [1.29, 1.82) is 10.5 Å². The van der Waals surface area contributed by atoms with Gasteiger partial charge in [-0.05, 0) is 18.2 Å². The van der Waals surface area contributed by atoms with Gasteiger partial charge in [-0.1, -0.05) is 15.9 Å². The standard InChI is InChI=1S/C10H5BrFN3/c11-8-1-2-9(12)10(3-8)15-6-7(4-13)5-14/h1-3,6,15H. The Morgan fingerprint density at radius 2 is 2.07 bits per heavy atom. The smallest absolute Gasteiger partial charge is 0.146 e. The van der Waals surface area contributed by atoms with Gasteiger partial charge in [0.05, 0.1) is 5.69 Å². The zero-order chi connectivity index (χ0) is 11.3.